The average Bonchev–Trinajstić information content (AvgIpc) is 2.62. The normalized spacial score (nSPS) is 16.1. The first kappa shape index (κ1) is 13.8. The topological polar surface area (TPSA) is 30.5 Å². The lowest BCUT2D eigenvalue weighted by Gasteiger charge is -2.23. The molecule has 0 aliphatic carbocycles. The number of nitrogens with one attached hydrogen (secondary N) is 1. The van der Waals surface area contributed by atoms with Crippen LogP contribution < -0.4 is 14.8 Å². The standard InChI is InChI=1S/C18H21NO2/c1-18(2)10-11-19-16-12-15(8-9-17(16)21-18)20-13-14-6-4-3-5-7-14/h3-9,12,19H,10-11,13H2,1-2H3. The molecule has 3 nitrogen and oxygen atoms in total. The molecule has 0 aromatic heterocycles. The van der Waals surface area contributed by atoms with Crippen LogP contribution in [0.4, 0.5) is 5.69 Å². The predicted molar refractivity (Wildman–Crippen MR) is 85.0 cm³/mol. The van der Waals surface area contributed by atoms with E-state index in [0.29, 0.717) is 6.61 Å². The van der Waals surface area contributed by atoms with Gasteiger partial charge in [-0.3, -0.25) is 0 Å². The van der Waals surface area contributed by atoms with E-state index < -0.39 is 0 Å². The summed E-state index contributed by atoms with van der Waals surface area (Å²) in [5, 5.41) is 3.41. The Hall–Kier alpha value is -2.16. The summed E-state index contributed by atoms with van der Waals surface area (Å²) in [6.07, 6.45) is 0.974. The second-order valence-electron chi connectivity index (χ2n) is 5.97. The summed E-state index contributed by atoms with van der Waals surface area (Å²) < 4.78 is 11.9. The Morgan fingerprint density at radius 1 is 1.14 bits per heavy atom. The first-order valence-corrected chi connectivity index (χ1v) is 7.36. The van der Waals surface area contributed by atoms with Crippen LogP contribution in [0.25, 0.3) is 0 Å². The second kappa shape index (κ2) is 5.68. The first-order chi connectivity index (χ1) is 10.1. The van der Waals surface area contributed by atoms with Crippen molar-refractivity contribution in [2.75, 3.05) is 11.9 Å². The molecule has 21 heavy (non-hydrogen) atoms. The molecule has 0 atom stereocenters. The van der Waals surface area contributed by atoms with Crippen molar-refractivity contribution in [3.63, 3.8) is 0 Å². The number of anilines is 1. The van der Waals surface area contributed by atoms with Crippen molar-refractivity contribution in [3.8, 4) is 11.5 Å². The summed E-state index contributed by atoms with van der Waals surface area (Å²) in [7, 11) is 0. The maximum Gasteiger partial charge on any atom is 0.143 e. The van der Waals surface area contributed by atoms with E-state index in [2.05, 4.69) is 31.3 Å². The van der Waals surface area contributed by atoms with E-state index in [1.54, 1.807) is 0 Å². The Morgan fingerprint density at radius 2 is 1.95 bits per heavy atom. The molecule has 3 rings (SSSR count). The number of ether oxygens (including phenoxy) is 2. The number of benzene rings is 2. The summed E-state index contributed by atoms with van der Waals surface area (Å²) in [6.45, 7) is 5.71. The minimum atomic E-state index is -0.134. The molecule has 0 saturated carbocycles. The Kier molecular flexibility index (Phi) is 3.74. The van der Waals surface area contributed by atoms with E-state index in [4.69, 9.17) is 9.47 Å². The third-order valence-electron chi connectivity index (χ3n) is 3.63. The summed E-state index contributed by atoms with van der Waals surface area (Å²) in [4.78, 5) is 0. The highest BCUT2D eigenvalue weighted by molar-refractivity contribution is 5.60. The molecule has 1 aliphatic heterocycles. The fourth-order valence-corrected chi connectivity index (χ4v) is 2.41. The Bertz CT molecular complexity index is 608. The van der Waals surface area contributed by atoms with Crippen molar-refractivity contribution >= 4 is 5.69 Å². The Morgan fingerprint density at radius 3 is 2.76 bits per heavy atom. The molecule has 0 radical (unpaired) electrons. The number of hydrogen-bond donors (Lipinski definition) is 1. The van der Waals surface area contributed by atoms with Gasteiger partial charge in [-0.2, -0.15) is 0 Å². The number of fused-ring (bicyclic) bond motifs is 1. The molecular weight excluding hydrogens is 262 g/mol. The van der Waals surface area contributed by atoms with Gasteiger partial charge in [-0.05, 0) is 31.5 Å². The van der Waals surface area contributed by atoms with E-state index in [0.717, 1.165) is 35.7 Å². The van der Waals surface area contributed by atoms with Crippen LogP contribution in [-0.4, -0.2) is 12.1 Å². The van der Waals surface area contributed by atoms with Crippen LogP contribution in [-0.2, 0) is 6.61 Å². The zero-order chi connectivity index (χ0) is 14.7. The van der Waals surface area contributed by atoms with E-state index >= 15 is 0 Å². The molecular formula is C18H21NO2. The molecule has 2 aromatic rings. The molecule has 1 N–H and O–H groups in total. The third kappa shape index (κ3) is 3.48. The van der Waals surface area contributed by atoms with Gasteiger partial charge >= 0.3 is 0 Å². The zero-order valence-electron chi connectivity index (χ0n) is 12.6. The van der Waals surface area contributed by atoms with E-state index in [-0.39, 0.29) is 5.60 Å². The SMILES string of the molecule is CC1(C)CCNc2cc(OCc3ccccc3)ccc2O1. The summed E-state index contributed by atoms with van der Waals surface area (Å²) in [5.41, 5.74) is 2.04. The molecule has 0 fully saturated rings. The quantitative estimate of drug-likeness (QED) is 0.914. The molecule has 0 amide bonds. The lowest BCUT2D eigenvalue weighted by Crippen LogP contribution is -2.28. The van der Waals surface area contributed by atoms with Gasteiger partial charge in [0.2, 0.25) is 0 Å². The van der Waals surface area contributed by atoms with E-state index in [1.807, 2.05) is 36.4 Å². The van der Waals surface area contributed by atoms with Gasteiger partial charge in [0.25, 0.3) is 0 Å². The lowest BCUT2D eigenvalue weighted by molar-refractivity contribution is 0.108. The van der Waals surface area contributed by atoms with Gasteiger partial charge in [0.1, 0.15) is 23.7 Å². The van der Waals surface area contributed by atoms with Crippen molar-refractivity contribution in [3.05, 3.63) is 54.1 Å². The van der Waals surface area contributed by atoms with Crippen molar-refractivity contribution in [1.82, 2.24) is 0 Å². The maximum atomic E-state index is 6.04. The average molecular weight is 283 g/mol. The van der Waals surface area contributed by atoms with Crippen molar-refractivity contribution in [1.29, 1.82) is 0 Å². The highest BCUT2D eigenvalue weighted by Gasteiger charge is 2.24. The van der Waals surface area contributed by atoms with Gasteiger partial charge in [0, 0.05) is 19.0 Å². The largest absolute Gasteiger partial charge is 0.489 e. The zero-order valence-corrected chi connectivity index (χ0v) is 12.6. The fourth-order valence-electron chi connectivity index (χ4n) is 2.41. The smallest absolute Gasteiger partial charge is 0.143 e. The number of rotatable bonds is 3. The van der Waals surface area contributed by atoms with Crippen LogP contribution in [0.2, 0.25) is 0 Å². The monoisotopic (exact) mass is 283 g/mol. The summed E-state index contributed by atoms with van der Waals surface area (Å²) >= 11 is 0. The van der Waals surface area contributed by atoms with Crippen LogP contribution in [0.3, 0.4) is 0 Å². The minimum Gasteiger partial charge on any atom is -0.489 e. The van der Waals surface area contributed by atoms with Gasteiger partial charge in [-0.1, -0.05) is 30.3 Å². The van der Waals surface area contributed by atoms with Crippen molar-refractivity contribution in [2.45, 2.75) is 32.5 Å². The predicted octanol–water partition coefficient (Wildman–Crippen LogP) is 4.24. The van der Waals surface area contributed by atoms with E-state index in [1.165, 1.54) is 0 Å². The molecule has 0 saturated heterocycles. The Labute approximate surface area is 125 Å². The van der Waals surface area contributed by atoms with Crippen LogP contribution >= 0.6 is 0 Å². The van der Waals surface area contributed by atoms with Crippen LogP contribution in [0, 0.1) is 0 Å². The van der Waals surface area contributed by atoms with Crippen molar-refractivity contribution in [2.24, 2.45) is 0 Å². The highest BCUT2D eigenvalue weighted by Crippen LogP contribution is 2.35. The number of hydrogen-bond acceptors (Lipinski definition) is 3. The minimum absolute atomic E-state index is 0.134. The van der Waals surface area contributed by atoms with Gasteiger partial charge in [-0.15, -0.1) is 0 Å². The summed E-state index contributed by atoms with van der Waals surface area (Å²) in [5.74, 6) is 1.75. The molecule has 0 spiro atoms. The fraction of sp³-hybridized carbons (Fsp3) is 0.333. The van der Waals surface area contributed by atoms with Gasteiger partial charge < -0.3 is 14.8 Å². The molecule has 0 unspecified atom stereocenters. The third-order valence-corrected chi connectivity index (χ3v) is 3.63. The Balaban J connectivity index is 1.73. The van der Waals surface area contributed by atoms with Crippen molar-refractivity contribution < 1.29 is 9.47 Å². The summed E-state index contributed by atoms with van der Waals surface area (Å²) in [6, 6.07) is 16.1. The highest BCUT2D eigenvalue weighted by atomic mass is 16.5. The molecule has 0 bridgehead atoms. The maximum absolute atomic E-state index is 6.04. The molecule has 1 heterocycles. The van der Waals surface area contributed by atoms with Gasteiger partial charge in [0.05, 0.1) is 5.69 Å². The lowest BCUT2D eigenvalue weighted by atomic mass is 10.1. The molecule has 110 valence electrons. The van der Waals surface area contributed by atoms with Crippen LogP contribution in [0.5, 0.6) is 11.5 Å². The van der Waals surface area contributed by atoms with Crippen LogP contribution in [0.1, 0.15) is 25.8 Å². The van der Waals surface area contributed by atoms with Gasteiger partial charge in [-0.25, -0.2) is 0 Å². The van der Waals surface area contributed by atoms with Gasteiger partial charge in [0.15, 0.2) is 0 Å². The second-order valence-corrected chi connectivity index (χ2v) is 5.97. The first-order valence-electron chi connectivity index (χ1n) is 7.36. The molecule has 3 heteroatoms. The van der Waals surface area contributed by atoms with E-state index in [9.17, 15) is 0 Å². The molecule has 2 aromatic carbocycles. The van der Waals surface area contributed by atoms with Crippen LogP contribution in [0.15, 0.2) is 48.5 Å². The molecule has 1 aliphatic rings.